The molecule has 7 nitrogen and oxygen atoms in total. The van der Waals surface area contributed by atoms with Gasteiger partial charge in [0.15, 0.2) is 9.84 Å². The van der Waals surface area contributed by atoms with Gasteiger partial charge in [-0.3, -0.25) is 14.9 Å². The van der Waals surface area contributed by atoms with Gasteiger partial charge < -0.3 is 5.32 Å². The van der Waals surface area contributed by atoms with E-state index in [1.807, 2.05) is 6.07 Å². The highest BCUT2D eigenvalue weighted by atomic mass is 32.2. The Kier molecular flexibility index (Phi) is 6.46. The van der Waals surface area contributed by atoms with E-state index in [0.717, 1.165) is 5.56 Å². The molecule has 0 radical (unpaired) electrons. The first-order valence-electron chi connectivity index (χ1n) is 8.06. The van der Waals surface area contributed by atoms with Crippen LogP contribution in [0.3, 0.4) is 0 Å². The molecule has 1 amide bonds. The maximum absolute atomic E-state index is 12.1. The first-order valence-corrected chi connectivity index (χ1v) is 9.88. The Morgan fingerprint density at radius 3 is 2.46 bits per heavy atom. The Labute approximate surface area is 152 Å². The molecule has 0 aliphatic heterocycles. The van der Waals surface area contributed by atoms with Crippen LogP contribution in [0.15, 0.2) is 48.5 Å². The minimum atomic E-state index is -3.25. The number of aryl methyl sites for hydroxylation is 1. The lowest BCUT2D eigenvalue weighted by Crippen LogP contribution is -2.26. The summed E-state index contributed by atoms with van der Waals surface area (Å²) in [6.45, 7) is 1.77. The highest BCUT2D eigenvalue weighted by Gasteiger charge is 2.15. The van der Waals surface area contributed by atoms with Crippen molar-refractivity contribution in [1.82, 2.24) is 5.32 Å². The molecule has 2 rings (SSSR count). The maximum Gasteiger partial charge on any atom is 0.272 e. The zero-order chi connectivity index (χ0) is 19.2. The smallest absolute Gasteiger partial charge is 0.272 e. The Balaban J connectivity index is 1.83. The third kappa shape index (κ3) is 5.66. The van der Waals surface area contributed by atoms with Gasteiger partial charge in [-0.05, 0) is 31.0 Å². The lowest BCUT2D eigenvalue weighted by molar-refractivity contribution is -0.385. The molecule has 0 fully saturated rings. The molecule has 8 heteroatoms. The van der Waals surface area contributed by atoms with Gasteiger partial charge in [0.05, 0.1) is 16.4 Å². The van der Waals surface area contributed by atoms with E-state index in [4.69, 9.17) is 0 Å². The van der Waals surface area contributed by atoms with Gasteiger partial charge in [-0.2, -0.15) is 0 Å². The number of nitro benzene ring substituents is 1. The van der Waals surface area contributed by atoms with E-state index in [9.17, 15) is 23.3 Å². The molecule has 0 atom stereocenters. The fourth-order valence-electron chi connectivity index (χ4n) is 2.50. The number of nitrogens with zero attached hydrogens (tertiary/aromatic N) is 1. The number of hydrogen-bond donors (Lipinski definition) is 1. The summed E-state index contributed by atoms with van der Waals surface area (Å²) in [5.74, 6) is -0.436. The third-order valence-electron chi connectivity index (χ3n) is 3.80. The van der Waals surface area contributed by atoms with E-state index in [1.165, 1.54) is 18.2 Å². The third-order valence-corrected chi connectivity index (χ3v) is 5.49. The van der Waals surface area contributed by atoms with Gasteiger partial charge in [0, 0.05) is 23.7 Å². The van der Waals surface area contributed by atoms with E-state index in [-0.39, 0.29) is 29.6 Å². The fraction of sp³-hybridized carbons (Fsp3) is 0.278. The number of sulfone groups is 1. The summed E-state index contributed by atoms with van der Waals surface area (Å²) < 4.78 is 24.2. The van der Waals surface area contributed by atoms with Crippen molar-refractivity contribution in [3.05, 3.63) is 75.3 Å². The van der Waals surface area contributed by atoms with Crippen molar-refractivity contribution in [1.29, 1.82) is 0 Å². The Hall–Kier alpha value is -2.74. The zero-order valence-corrected chi connectivity index (χ0v) is 15.2. The molecule has 0 aliphatic carbocycles. The summed E-state index contributed by atoms with van der Waals surface area (Å²) in [5.41, 5.74) is 1.39. The van der Waals surface area contributed by atoms with Crippen molar-refractivity contribution in [2.75, 3.05) is 12.3 Å². The summed E-state index contributed by atoms with van der Waals surface area (Å²) >= 11 is 0. The van der Waals surface area contributed by atoms with Gasteiger partial charge in [-0.25, -0.2) is 8.42 Å². The summed E-state index contributed by atoms with van der Waals surface area (Å²) in [4.78, 5) is 22.3. The second kappa shape index (κ2) is 8.57. The van der Waals surface area contributed by atoms with Gasteiger partial charge in [0.2, 0.25) is 0 Å². The molecule has 1 N–H and O–H groups in total. The van der Waals surface area contributed by atoms with Gasteiger partial charge >= 0.3 is 0 Å². The number of benzene rings is 2. The number of carbonyl (C=O) groups excluding carboxylic acids is 1. The lowest BCUT2D eigenvalue weighted by atomic mass is 10.1. The summed E-state index contributed by atoms with van der Waals surface area (Å²) in [5, 5.41) is 13.4. The van der Waals surface area contributed by atoms with Gasteiger partial charge in [-0.1, -0.05) is 30.3 Å². The monoisotopic (exact) mass is 376 g/mol. The van der Waals surface area contributed by atoms with Crippen LogP contribution in [0.25, 0.3) is 0 Å². The Bertz CT molecular complexity index is 895. The van der Waals surface area contributed by atoms with Crippen LogP contribution in [-0.4, -0.2) is 31.5 Å². The van der Waals surface area contributed by atoms with Crippen molar-refractivity contribution in [2.45, 2.75) is 19.1 Å². The van der Waals surface area contributed by atoms with Crippen LogP contribution in [0.2, 0.25) is 0 Å². The molecule has 0 spiro atoms. The molecule has 0 aromatic heterocycles. The van der Waals surface area contributed by atoms with Crippen molar-refractivity contribution in [2.24, 2.45) is 0 Å². The van der Waals surface area contributed by atoms with Crippen molar-refractivity contribution in [3.63, 3.8) is 0 Å². The predicted octanol–water partition coefficient (Wildman–Crippen LogP) is 2.64. The average molecular weight is 376 g/mol. The van der Waals surface area contributed by atoms with E-state index < -0.39 is 14.8 Å². The summed E-state index contributed by atoms with van der Waals surface area (Å²) in [6, 6.07) is 13.0. The number of carbonyl (C=O) groups is 1. The van der Waals surface area contributed by atoms with Gasteiger partial charge in [0.25, 0.3) is 11.6 Å². The number of nitrogens with one attached hydrogen (secondary N) is 1. The second-order valence-corrected chi connectivity index (χ2v) is 8.13. The fourth-order valence-corrected chi connectivity index (χ4v) is 3.93. The quantitative estimate of drug-likeness (QED) is 0.433. The Morgan fingerprint density at radius 2 is 1.85 bits per heavy atom. The molecule has 138 valence electrons. The molecular formula is C18H20N2O5S. The van der Waals surface area contributed by atoms with Gasteiger partial charge in [0.1, 0.15) is 0 Å². The van der Waals surface area contributed by atoms with Gasteiger partial charge in [-0.15, -0.1) is 0 Å². The average Bonchev–Trinajstić information content (AvgIpc) is 2.58. The van der Waals surface area contributed by atoms with E-state index in [1.54, 1.807) is 31.2 Å². The molecule has 0 saturated heterocycles. The highest BCUT2D eigenvalue weighted by Crippen LogP contribution is 2.18. The molecule has 0 bridgehead atoms. The molecule has 2 aromatic rings. The van der Waals surface area contributed by atoms with Crippen molar-refractivity contribution >= 4 is 21.4 Å². The molecular weight excluding hydrogens is 356 g/mol. The highest BCUT2D eigenvalue weighted by molar-refractivity contribution is 7.90. The molecule has 2 aromatic carbocycles. The number of rotatable bonds is 8. The molecule has 0 unspecified atom stereocenters. The lowest BCUT2D eigenvalue weighted by Gasteiger charge is -2.07. The minimum absolute atomic E-state index is 0.0245. The number of nitro groups is 1. The van der Waals surface area contributed by atoms with Crippen molar-refractivity contribution < 1.29 is 18.1 Å². The molecule has 0 saturated carbocycles. The van der Waals surface area contributed by atoms with Crippen molar-refractivity contribution in [3.8, 4) is 0 Å². The summed E-state index contributed by atoms with van der Waals surface area (Å²) in [6.07, 6.45) is 0.298. The Morgan fingerprint density at radius 1 is 1.15 bits per heavy atom. The van der Waals surface area contributed by atoms with E-state index >= 15 is 0 Å². The normalized spacial score (nSPS) is 11.1. The minimum Gasteiger partial charge on any atom is -0.352 e. The predicted molar refractivity (Wildman–Crippen MR) is 98.7 cm³/mol. The standard InChI is InChI=1S/C18H20N2O5S/c1-14-12-16(8-9-17(14)20(22)23)18(21)19-10-5-11-26(24,25)13-15-6-3-2-4-7-15/h2-4,6-9,12H,5,10-11,13H2,1H3,(H,19,21). The largest absolute Gasteiger partial charge is 0.352 e. The van der Waals surface area contributed by atoms with E-state index in [0.29, 0.717) is 17.5 Å². The summed E-state index contributed by atoms with van der Waals surface area (Å²) in [7, 11) is -3.25. The number of hydrogen-bond acceptors (Lipinski definition) is 5. The van der Waals surface area contributed by atoms with Crippen LogP contribution in [0, 0.1) is 17.0 Å². The van der Waals surface area contributed by atoms with Crippen LogP contribution >= 0.6 is 0 Å². The molecule has 0 aliphatic rings. The van der Waals surface area contributed by atoms with Crippen LogP contribution in [0.1, 0.15) is 27.9 Å². The second-order valence-electron chi connectivity index (χ2n) is 5.95. The first-order chi connectivity index (χ1) is 12.3. The van der Waals surface area contributed by atoms with Crippen LogP contribution in [0.4, 0.5) is 5.69 Å². The van der Waals surface area contributed by atoms with Crippen LogP contribution in [0.5, 0.6) is 0 Å². The molecule has 0 heterocycles. The number of amides is 1. The maximum atomic E-state index is 12.1. The topological polar surface area (TPSA) is 106 Å². The van der Waals surface area contributed by atoms with E-state index in [2.05, 4.69) is 5.32 Å². The van der Waals surface area contributed by atoms with Crippen LogP contribution in [-0.2, 0) is 15.6 Å². The SMILES string of the molecule is Cc1cc(C(=O)NCCCS(=O)(=O)Cc2ccccc2)ccc1[N+](=O)[O-]. The zero-order valence-electron chi connectivity index (χ0n) is 14.3. The van der Waals surface area contributed by atoms with Crippen LogP contribution < -0.4 is 5.32 Å². The molecule has 26 heavy (non-hydrogen) atoms. The first kappa shape index (κ1) is 19.6.